The van der Waals surface area contributed by atoms with Gasteiger partial charge in [-0.1, -0.05) is 6.42 Å². The van der Waals surface area contributed by atoms with Gasteiger partial charge in [0, 0.05) is 32.4 Å². The second kappa shape index (κ2) is 6.17. The molecule has 0 amide bonds. The fourth-order valence-electron chi connectivity index (χ4n) is 2.45. The number of nitrogens with one attached hydrogen (secondary N) is 1. The lowest BCUT2D eigenvalue weighted by Gasteiger charge is -2.32. The van der Waals surface area contributed by atoms with Crippen LogP contribution in [0.15, 0.2) is 12.3 Å². The van der Waals surface area contributed by atoms with E-state index in [0.717, 1.165) is 18.8 Å². The molecule has 1 N–H and O–H groups in total. The zero-order valence-electron chi connectivity index (χ0n) is 11.0. The molecule has 1 unspecified atom stereocenters. The molecule has 1 aromatic rings. The fourth-order valence-corrected chi connectivity index (χ4v) is 2.45. The number of aromatic nitrogens is 2. The number of likely N-dealkylation sites (tertiary alicyclic amines) is 1. The molecule has 0 aliphatic carbocycles. The highest BCUT2D eigenvalue weighted by Gasteiger charge is 2.15. The molecule has 96 valence electrons. The molecular weight excluding hydrogens is 212 g/mol. The van der Waals surface area contributed by atoms with E-state index in [1.165, 1.54) is 32.4 Å². The van der Waals surface area contributed by atoms with Crippen molar-refractivity contribution in [2.75, 3.05) is 19.6 Å². The summed E-state index contributed by atoms with van der Waals surface area (Å²) < 4.78 is 1.85. The summed E-state index contributed by atoms with van der Waals surface area (Å²) in [7, 11) is 1.96. The molecule has 0 saturated carbocycles. The molecule has 17 heavy (non-hydrogen) atoms. The minimum atomic E-state index is 0.638. The van der Waals surface area contributed by atoms with Crippen LogP contribution in [0, 0.1) is 0 Å². The van der Waals surface area contributed by atoms with E-state index in [1.807, 2.05) is 17.9 Å². The highest BCUT2D eigenvalue weighted by atomic mass is 15.3. The molecule has 1 fully saturated rings. The van der Waals surface area contributed by atoms with Crippen LogP contribution in [0.1, 0.15) is 31.9 Å². The summed E-state index contributed by atoms with van der Waals surface area (Å²) >= 11 is 0. The van der Waals surface area contributed by atoms with Crippen LogP contribution >= 0.6 is 0 Å². The topological polar surface area (TPSA) is 33.1 Å². The number of piperidine rings is 1. The largest absolute Gasteiger partial charge is 0.310 e. The van der Waals surface area contributed by atoms with E-state index in [0.29, 0.717) is 6.04 Å². The Morgan fingerprint density at radius 3 is 2.76 bits per heavy atom. The summed E-state index contributed by atoms with van der Waals surface area (Å²) in [6, 6.07) is 2.71. The maximum absolute atomic E-state index is 4.36. The Bertz CT molecular complexity index is 328. The van der Waals surface area contributed by atoms with E-state index in [1.54, 1.807) is 0 Å². The Hall–Kier alpha value is -0.870. The maximum Gasteiger partial charge on any atom is 0.0762 e. The van der Waals surface area contributed by atoms with Crippen molar-refractivity contribution < 1.29 is 0 Å². The number of rotatable bonds is 5. The standard InChI is InChI=1S/C13H24N4/c1-12(17-7-4-3-5-8-17)10-14-11-13-6-9-16(2)15-13/h6,9,12,14H,3-5,7-8,10-11H2,1-2H3. The lowest BCUT2D eigenvalue weighted by atomic mass is 10.1. The maximum atomic E-state index is 4.36. The first kappa shape index (κ1) is 12.6. The van der Waals surface area contributed by atoms with Gasteiger partial charge in [-0.05, 0) is 38.9 Å². The first-order chi connectivity index (χ1) is 8.25. The average Bonchev–Trinajstić information content (AvgIpc) is 2.76. The minimum Gasteiger partial charge on any atom is -0.310 e. The minimum absolute atomic E-state index is 0.638. The Balaban J connectivity index is 1.67. The summed E-state index contributed by atoms with van der Waals surface area (Å²) in [5.74, 6) is 0. The SMILES string of the molecule is CC(CNCc1ccn(C)n1)N1CCCCC1. The molecule has 4 nitrogen and oxygen atoms in total. The molecule has 4 heteroatoms. The summed E-state index contributed by atoms with van der Waals surface area (Å²) in [5.41, 5.74) is 1.12. The molecule has 0 aromatic carbocycles. The van der Waals surface area contributed by atoms with Crippen LogP contribution in [-0.4, -0.2) is 40.4 Å². The van der Waals surface area contributed by atoms with Gasteiger partial charge < -0.3 is 5.32 Å². The molecule has 1 aliphatic rings. The third-order valence-corrected chi connectivity index (χ3v) is 3.53. The lowest BCUT2D eigenvalue weighted by molar-refractivity contribution is 0.170. The van der Waals surface area contributed by atoms with E-state index >= 15 is 0 Å². The lowest BCUT2D eigenvalue weighted by Crippen LogP contribution is -2.43. The van der Waals surface area contributed by atoms with E-state index in [4.69, 9.17) is 0 Å². The van der Waals surface area contributed by atoms with Crippen molar-refractivity contribution in [3.05, 3.63) is 18.0 Å². The molecule has 1 atom stereocenters. The monoisotopic (exact) mass is 236 g/mol. The average molecular weight is 236 g/mol. The Morgan fingerprint density at radius 2 is 2.12 bits per heavy atom. The van der Waals surface area contributed by atoms with E-state index in [2.05, 4.69) is 28.3 Å². The van der Waals surface area contributed by atoms with E-state index in [9.17, 15) is 0 Å². The molecule has 1 aromatic heterocycles. The van der Waals surface area contributed by atoms with Gasteiger partial charge in [0.25, 0.3) is 0 Å². The molecule has 1 aliphatic heterocycles. The van der Waals surface area contributed by atoms with Gasteiger partial charge in [-0.2, -0.15) is 5.10 Å². The molecule has 2 rings (SSSR count). The van der Waals surface area contributed by atoms with Crippen LogP contribution in [0.4, 0.5) is 0 Å². The fraction of sp³-hybridized carbons (Fsp3) is 0.769. The molecule has 0 bridgehead atoms. The number of nitrogens with zero attached hydrogens (tertiary/aromatic N) is 3. The highest BCUT2D eigenvalue weighted by molar-refractivity contribution is 4.97. The van der Waals surface area contributed by atoms with Gasteiger partial charge in [0.2, 0.25) is 0 Å². The van der Waals surface area contributed by atoms with Crippen molar-refractivity contribution >= 4 is 0 Å². The smallest absolute Gasteiger partial charge is 0.0762 e. The second-order valence-corrected chi connectivity index (χ2v) is 5.06. The molecule has 1 saturated heterocycles. The third kappa shape index (κ3) is 3.82. The van der Waals surface area contributed by atoms with E-state index < -0.39 is 0 Å². The molecule has 2 heterocycles. The number of hydrogen-bond acceptors (Lipinski definition) is 3. The van der Waals surface area contributed by atoms with E-state index in [-0.39, 0.29) is 0 Å². The summed E-state index contributed by atoms with van der Waals surface area (Å²) in [6.07, 6.45) is 6.13. The first-order valence-electron chi connectivity index (χ1n) is 6.69. The summed E-state index contributed by atoms with van der Waals surface area (Å²) in [5, 5.41) is 7.86. The van der Waals surface area contributed by atoms with Crippen LogP contribution in [0.3, 0.4) is 0 Å². The Morgan fingerprint density at radius 1 is 1.35 bits per heavy atom. The van der Waals surface area contributed by atoms with Crippen molar-refractivity contribution in [2.45, 2.75) is 38.8 Å². The normalized spacial score (nSPS) is 19.4. The van der Waals surface area contributed by atoms with Gasteiger partial charge in [0.1, 0.15) is 0 Å². The van der Waals surface area contributed by atoms with Gasteiger partial charge >= 0.3 is 0 Å². The predicted octanol–water partition coefficient (Wildman–Crippen LogP) is 1.38. The van der Waals surface area contributed by atoms with Gasteiger partial charge in [-0.25, -0.2) is 0 Å². The third-order valence-electron chi connectivity index (χ3n) is 3.53. The quantitative estimate of drug-likeness (QED) is 0.838. The number of aryl methyl sites for hydroxylation is 1. The first-order valence-corrected chi connectivity index (χ1v) is 6.69. The molecular formula is C13H24N4. The zero-order valence-corrected chi connectivity index (χ0v) is 11.0. The van der Waals surface area contributed by atoms with Gasteiger partial charge in [-0.15, -0.1) is 0 Å². The van der Waals surface area contributed by atoms with Crippen molar-refractivity contribution in [2.24, 2.45) is 7.05 Å². The summed E-state index contributed by atoms with van der Waals surface area (Å²) in [6.45, 7) is 6.78. The molecule has 0 spiro atoms. The molecule has 0 radical (unpaired) electrons. The zero-order chi connectivity index (χ0) is 12.1. The Labute approximate surface area is 104 Å². The van der Waals surface area contributed by atoms with Crippen LogP contribution in [-0.2, 0) is 13.6 Å². The summed E-state index contributed by atoms with van der Waals surface area (Å²) in [4.78, 5) is 2.59. The van der Waals surface area contributed by atoms with Crippen LogP contribution < -0.4 is 5.32 Å². The van der Waals surface area contributed by atoms with Crippen molar-refractivity contribution in [3.8, 4) is 0 Å². The second-order valence-electron chi connectivity index (χ2n) is 5.06. The van der Waals surface area contributed by atoms with Crippen LogP contribution in [0.25, 0.3) is 0 Å². The van der Waals surface area contributed by atoms with Crippen LogP contribution in [0.2, 0.25) is 0 Å². The van der Waals surface area contributed by atoms with Crippen molar-refractivity contribution in [1.82, 2.24) is 20.0 Å². The van der Waals surface area contributed by atoms with Crippen molar-refractivity contribution in [1.29, 1.82) is 0 Å². The van der Waals surface area contributed by atoms with Gasteiger partial charge in [-0.3, -0.25) is 9.58 Å². The highest BCUT2D eigenvalue weighted by Crippen LogP contribution is 2.11. The van der Waals surface area contributed by atoms with Gasteiger partial charge in [0.15, 0.2) is 0 Å². The Kier molecular flexibility index (Phi) is 4.57. The number of hydrogen-bond donors (Lipinski definition) is 1. The van der Waals surface area contributed by atoms with Gasteiger partial charge in [0.05, 0.1) is 5.69 Å². The van der Waals surface area contributed by atoms with Crippen LogP contribution in [0.5, 0.6) is 0 Å². The predicted molar refractivity (Wildman–Crippen MR) is 69.8 cm³/mol. The van der Waals surface area contributed by atoms with Crippen molar-refractivity contribution in [3.63, 3.8) is 0 Å².